The Bertz CT molecular complexity index is 446. The summed E-state index contributed by atoms with van der Waals surface area (Å²) in [7, 11) is 0. The fraction of sp³-hybridized carbons (Fsp3) is 0.429. The lowest BCUT2D eigenvalue weighted by molar-refractivity contribution is 0.481. The van der Waals surface area contributed by atoms with Gasteiger partial charge in [-0.2, -0.15) is 0 Å². The fourth-order valence-corrected chi connectivity index (χ4v) is 2.29. The molecule has 1 aromatic rings. The SMILES string of the molecule is C=CC(N[S@+]([O-])C(C)(C)C)c1cc(F)cc(CF)c1. The molecule has 1 aromatic carbocycles. The first-order chi connectivity index (χ1) is 8.77. The van der Waals surface area contributed by atoms with Crippen LogP contribution >= 0.6 is 0 Å². The summed E-state index contributed by atoms with van der Waals surface area (Å²) in [4.78, 5) is 0. The minimum absolute atomic E-state index is 0.255. The number of benzene rings is 1. The van der Waals surface area contributed by atoms with E-state index in [4.69, 9.17) is 0 Å². The van der Waals surface area contributed by atoms with E-state index in [0.29, 0.717) is 5.56 Å². The molecule has 0 amide bonds. The van der Waals surface area contributed by atoms with E-state index in [2.05, 4.69) is 11.3 Å². The van der Waals surface area contributed by atoms with Crippen LogP contribution in [0.2, 0.25) is 0 Å². The third kappa shape index (κ3) is 4.60. The molecular formula is C14H19F2NOS. The highest BCUT2D eigenvalue weighted by Gasteiger charge is 2.29. The van der Waals surface area contributed by atoms with Crippen LogP contribution in [0.15, 0.2) is 30.9 Å². The number of rotatable bonds is 5. The average molecular weight is 287 g/mol. The van der Waals surface area contributed by atoms with Crippen LogP contribution < -0.4 is 4.72 Å². The number of hydrogen-bond acceptors (Lipinski definition) is 2. The van der Waals surface area contributed by atoms with Crippen LogP contribution in [0.3, 0.4) is 0 Å². The summed E-state index contributed by atoms with van der Waals surface area (Å²) in [6.07, 6.45) is 1.53. The van der Waals surface area contributed by atoms with Crippen molar-refractivity contribution in [2.24, 2.45) is 0 Å². The highest BCUT2D eigenvalue weighted by atomic mass is 32.2. The molecule has 0 radical (unpaired) electrons. The van der Waals surface area contributed by atoms with Gasteiger partial charge in [-0.1, -0.05) is 12.1 Å². The van der Waals surface area contributed by atoms with Gasteiger partial charge in [0, 0.05) is 11.4 Å². The van der Waals surface area contributed by atoms with Crippen LogP contribution in [-0.4, -0.2) is 9.30 Å². The van der Waals surface area contributed by atoms with Gasteiger partial charge >= 0.3 is 0 Å². The smallest absolute Gasteiger partial charge is 0.136 e. The quantitative estimate of drug-likeness (QED) is 0.663. The van der Waals surface area contributed by atoms with Crippen LogP contribution in [-0.2, 0) is 18.0 Å². The molecule has 0 fully saturated rings. The number of halogens is 2. The molecule has 5 heteroatoms. The monoisotopic (exact) mass is 287 g/mol. The maximum atomic E-state index is 13.4. The van der Waals surface area contributed by atoms with Crippen molar-refractivity contribution in [3.05, 3.63) is 47.8 Å². The summed E-state index contributed by atoms with van der Waals surface area (Å²) in [5, 5.41) is 0. The lowest BCUT2D eigenvalue weighted by atomic mass is 10.0. The summed E-state index contributed by atoms with van der Waals surface area (Å²) >= 11 is -1.32. The van der Waals surface area contributed by atoms with Gasteiger partial charge in [-0.15, -0.1) is 11.3 Å². The number of alkyl halides is 1. The van der Waals surface area contributed by atoms with Crippen molar-refractivity contribution in [3.63, 3.8) is 0 Å². The van der Waals surface area contributed by atoms with Crippen LogP contribution in [0, 0.1) is 5.82 Å². The fourth-order valence-electron chi connectivity index (χ4n) is 1.48. The van der Waals surface area contributed by atoms with Crippen LogP contribution in [0.25, 0.3) is 0 Å². The second kappa shape index (κ2) is 6.50. The molecule has 0 saturated carbocycles. The van der Waals surface area contributed by atoms with E-state index < -0.39 is 34.6 Å². The molecule has 0 bridgehead atoms. The molecule has 19 heavy (non-hydrogen) atoms. The Morgan fingerprint density at radius 2 is 2.05 bits per heavy atom. The summed E-state index contributed by atoms with van der Waals surface area (Å²) in [6.45, 7) is 8.39. The summed E-state index contributed by atoms with van der Waals surface area (Å²) in [5.41, 5.74) is 0.769. The Kier molecular flexibility index (Phi) is 5.52. The molecule has 0 heterocycles. The summed E-state index contributed by atoms with van der Waals surface area (Å²) in [6, 6.07) is 3.49. The zero-order chi connectivity index (χ0) is 14.6. The average Bonchev–Trinajstić information content (AvgIpc) is 2.33. The first kappa shape index (κ1) is 16.1. The Balaban J connectivity index is 2.97. The van der Waals surface area contributed by atoms with Crippen molar-refractivity contribution < 1.29 is 13.3 Å². The summed E-state index contributed by atoms with van der Waals surface area (Å²) < 4.78 is 40.5. The van der Waals surface area contributed by atoms with Crippen molar-refractivity contribution in [2.75, 3.05) is 0 Å². The Hall–Kier alpha value is -0.910. The minimum Gasteiger partial charge on any atom is -0.598 e. The molecule has 0 aliphatic heterocycles. The molecule has 0 spiro atoms. The molecule has 2 atom stereocenters. The Morgan fingerprint density at radius 1 is 1.42 bits per heavy atom. The summed E-state index contributed by atoms with van der Waals surface area (Å²) in [5.74, 6) is -0.514. The zero-order valence-electron chi connectivity index (χ0n) is 11.4. The van der Waals surface area contributed by atoms with Gasteiger partial charge in [0.25, 0.3) is 0 Å². The van der Waals surface area contributed by atoms with E-state index in [9.17, 15) is 13.3 Å². The van der Waals surface area contributed by atoms with Gasteiger partial charge in [0.2, 0.25) is 0 Å². The van der Waals surface area contributed by atoms with Gasteiger partial charge in [0.15, 0.2) is 0 Å². The number of hydrogen-bond donors (Lipinski definition) is 1. The first-order valence-corrected chi connectivity index (χ1v) is 7.09. The second-order valence-corrected chi connectivity index (χ2v) is 7.24. The van der Waals surface area contributed by atoms with Gasteiger partial charge in [0.1, 0.15) is 17.2 Å². The first-order valence-electron chi connectivity index (χ1n) is 5.94. The van der Waals surface area contributed by atoms with Crippen molar-refractivity contribution in [3.8, 4) is 0 Å². The molecule has 0 aliphatic rings. The van der Waals surface area contributed by atoms with Crippen LogP contribution in [0.5, 0.6) is 0 Å². The van der Waals surface area contributed by atoms with Gasteiger partial charge in [0.05, 0.1) is 6.04 Å². The molecule has 0 aliphatic carbocycles. The standard InChI is InChI=1S/C14H19F2NOS/c1-5-13(17-19(18)14(2,3)4)11-6-10(9-15)7-12(16)8-11/h5-8,13,17H,1,9H2,2-4H3/t13?,19-/m1/s1. The molecule has 1 unspecified atom stereocenters. The lowest BCUT2D eigenvalue weighted by Gasteiger charge is -2.27. The van der Waals surface area contributed by atoms with E-state index in [1.54, 1.807) is 6.07 Å². The highest BCUT2D eigenvalue weighted by molar-refractivity contribution is 7.90. The second-order valence-electron chi connectivity index (χ2n) is 5.24. The zero-order valence-corrected chi connectivity index (χ0v) is 12.2. The van der Waals surface area contributed by atoms with Gasteiger partial charge < -0.3 is 4.55 Å². The van der Waals surface area contributed by atoms with Crippen LogP contribution in [0.1, 0.15) is 37.9 Å². The van der Waals surface area contributed by atoms with Gasteiger partial charge in [-0.25, -0.2) is 8.78 Å². The minimum atomic E-state index is -1.32. The predicted molar refractivity (Wildman–Crippen MR) is 75.2 cm³/mol. The third-order valence-corrected chi connectivity index (χ3v) is 4.10. The largest absolute Gasteiger partial charge is 0.598 e. The predicted octanol–water partition coefficient (Wildman–Crippen LogP) is 3.57. The molecule has 1 rings (SSSR count). The maximum Gasteiger partial charge on any atom is 0.136 e. The topological polar surface area (TPSA) is 35.1 Å². The maximum absolute atomic E-state index is 13.4. The van der Waals surface area contributed by atoms with Gasteiger partial charge in [-0.05, 0) is 44.0 Å². The molecule has 0 aromatic heterocycles. The Morgan fingerprint density at radius 3 is 2.53 bits per heavy atom. The molecule has 1 N–H and O–H groups in total. The molecular weight excluding hydrogens is 268 g/mol. The van der Waals surface area contributed by atoms with Gasteiger partial charge in [-0.3, -0.25) is 0 Å². The Labute approximate surface area is 116 Å². The van der Waals surface area contributed by atoms with E-state index >= 15 is 0 Å². The van der Waals surface area contributed by atoms with Crippen molar-refractivity contribution >= 4 is 11.4 Å². The normalized spacial score (nSPS) is 15.1. The van der Waals surface area contributed by atoms with Crippen molar-refractivity contribution in [1.29, 1.82) is 0 Å². The third-order valence-electron chi connectivity index (χ3n) is 2.52. The lowest BCUT2D eigenvalue weighted by Crippen LogP contribution is -2.40. The number of nitrogens with one attached hydrogen (secondary N) is 1. The molecule has 2 nitrogen and oxygen atoms in total. The molecule has 106 valence electrons. The van der Waals surface area contributed by atoms with E-state index in [-0.39, 0.29) is 5.56 Å². The van der Waals surface area contributed by atoms with Crippen molar-refractivity contribution in [1.82, 2.24) is 4.72 Å². The van der Waals surface area contributed by atoms with Crippen molar-refractivity contribution in [2.45, 2.75) is 38.2 Å². The van der Waals surface area contributed by atoms with Crippen LogP contribution in [0.4, 0.5) is 8.78 Å². The van der Waals surface area contributed by atoms with E-state index in [1.165, 1.54) is 12.1 Å². The highest BCUT2D eigenvalue weighted by Crippen LogP contribution is 2.22. The van der Waals surface area contributed by atoms with E-state index in [1.807, 2.05) is 20.8 Å². The van der Waals surface area contributed by atoms with E-state index in [0.717, 1.165) is 6.07 Å². The molecule has 0 saturated heterocycles.